The quantitative estimate of drug-likeness (QED) is 0.798. The molecule has 1 aromatic carbocycles. The Morgan fingerprint density at radius 2 is 1.65 bits per heavy atom. The monoisotopic (exact) mass is 354 g/mol. The lowest BCUT2D eigenvalue weighted by atomic mass is 9.49. The Kier molecular flexibility index (Phi) is 4.33. The zero-order chi connectivity index (χ0) is 18.3. The predicted molar refractivity (Wildman–Crippen MR) is 98.7 cm³/mol. The predicted octanol–water partition coefficient (Wildman–Crippen LogP) is 3.16. The average molecular weight is 354 g/mol. The Morgan fingerprint density at radius 1 is 1.04 bits per heavy atom. The number of Topliss-reactive ketones (excluding diaryl/α,β-unsaturated/α-hetero) is 1. The first-order chi connectivity index (χ1) is 12.4. The van der Waals surface area contributed by atoms with Gasteiger partial charge in [0.1, 0.15) is 0 Å². The van der Waals surface area contributed by atoms with Gasteiger partial charge in [-0.15, -0.1) is 0 Å². The molecular formula is C21H26N2O3. The lowest BCUT2D eigenvalue weighted by Gasteiger charge is -2.55. The molecule has 5 nitrogen and oxygen atoms in total. The standard InChI is InChI=1S/C21H26N2O3/c1-13(24)17-3-2-4-18(8-17)23-19(25)12-22-20(26)21-9-14-5-15(10-21)7-16(6-14)11-21/h2-4,8,14-16H,5-7,9-12H2,1H3,(H,22,26)(H,23,25). The fourth-order valence-corrected chi connectivity index (χ4v) is 5.76. The van der Waals surface area contributed by atoms with Gasteiger partial charge in [0.05, 0.1) is 6.54 Å². The smallest absolute Gasteiger partial charge is 0.243 e. The molecule has 2 amide bonds. The summed E-state index contributed by atoms with van der Waals surface area (Å²) >= 11 is 0. The topological polar surface area (TPSA) is 75.3 Å². The van der Waals surface area contributed by atoms with Crippen molar-refractivity contribution in [2.45, 2.75) is 45.4 Å². The Morgan fingerprint density at radius 3 is 2.23 bits per heavy atom. The molecule has 0 radical (unpaired) electrons. The van der Waals surface area contributed by atoms with Crippen molar-refractivity contribution in [3.05, 3.63) is 29.8 Å². The van der Waals surface area contributed by atoms with Crippen LogP contribution in [0.1, 0.15) is 55.8 Å². The molecule has 5 heteroatoms. The van der Waals surface area contributed by atoms with Crippen LogP contribution in [0.5, 0.6) is 0 Å². The van der Waals surface area contributed by atoms with E-state index in [2.05, 4.69) is 10.6 Å². The van der Waals surface area contributed by atoms with Gasteiger partial charge in [0.15, 0.2) is 5.78 Å². The van der Waals surface area contributed by atoms with Gasteiger partial charge >= 0.3 is 0 Å². The maximum Gasteiger partial charge on any atom is 0.243 e. The molecule has 4 bridgehead atoms. The number of hydrogen-bond donors (Lipinski definition) is 2. The number of rotatable bonds is 5. The molecule has 0 atom stereocenters. The van der Waals surface area contributed by atoms with E-state index in [9.17, 15) is 14.4 Å². The summed E-state index contributed by atoms with van der Waals surface area (Å²) < 4.78 is 0. The molecule has 4 saturated carbocycles. The van der Waals surface area contributed by atoms with Crippen molar-refractivity contribution in [1.29, 1.82) is 0 Å². The van der Waals surface area contributed by atoms with E-state index in [0.29, 0.717) is 29.0 Å². The fourth-order valence-electron chi connectivity index (χ4n) is 5.76. The number of amides is 2. The zero-order valence-electron chi connectivity index (χ0n) is 15.2. The second-order valence-corrected chi connectivity index (χ2v) is 8.57. The van der Waals surface area contributed by atoms with Gasteiger partial charge in [-0.1, -0.05) is 12.1 Å². The molecule has 4 fully saturated rings. The van der Waals surface area contributed by atoms with Crippen molar-refractivity contribution >= 4 is 23.3 Å². The van der Waals surface area contributed by atoms with Crippen LogP contribution >= 0.6 is 0 Å². The Hall–Kier alpha value is -2.17. The third kappa shape index (κ3) is 3.27. The van der Waals surface area contributed by atoms with E-state index in [1.807, 2.05) is 0 Å². The van der Waals surface area contributed by atoms with Crippen LogP contribution in [-0.2, 0) is 9.59 Å². The molecule has 0 aliphatic heterocycles. The van der Waals surface area contributed by atoms with Crippen LogP contribution in [0.2, 0.25) is 0 Å². The molecular weight excluding hydrogens is 328 g/mol. The summed E-state index contributed by atoms with van der Waals surface area (Å²) in [5.74, 6) is 1.87. The number of carbonyl (C=O) groups is 3. The molecule has 0 heterocycles. The molecule has 0 saturated heterocycles. The van der Waals surface area contributed by atoms with Crippen LogP contribution < -0.4 is 10.6 Å². The Balaban J connectivity index is 1.34. The van der Waals surface area contributed by atoms with Crippen LogP contribution in [-0.4, -0.2) is 24.1 Å². The molecule has 26 heavy (non-hydrogen) atoms. The van der Waals surface area contributed by atoms with Gasteiger partial charge in [-0.3, -0.25) is 14.4 Å². The molecule has 2 N–H and O–H groups in total. The van der Waals surface area contributed by atoms with Gasteiger partial charge in [0.25, 0.3) is 0 Å². The number of anilines is 1. The molecule has 4 aliphatic rings. The van der Waals surface area contributed by atoms with E-state index < -0.39 is 0 Å². The first-order valence-corrected chi connectivity index (χ1v) is 9.63. The van der Waals surface area contributed by atoms with Gasteiger partial charge in [-0.2, -0.15) is 0 Å². The third-order valence-corrected chi connectivity index (χ3v) is 6.48. The van der Waals surface area contributed by atoms with E-state index in [1.54, 1.807) is 24.3 Å². The number of carbonyl (C=O) groups excluding carboxylic acids is 3. The highest BCUT2D eigenvalue weighted by Crippen LogP contribution is 2.60. The van der Waals surface area contributed by atoms with E-state index in [4.69, 9.17) is 0 Å². The average Bonchev–Trinajstić information content (AvgIpc) is 2.58. The van der Waals surface area contributed by atoms with Crippen molar-refractivity contribution in [3.63, 3.8) is 0 Å². The second-order valence-electron chi connectivity index (χ2n) is 8.57. The summed E-state index contributed by atoms with van der Waals surface area (Å²) in [5, 5.41) is 5.64. The van der Waals surface area contributed by atoms with Crippen LogP contribution in [0.25, 0.3) is 0 Å². The van der Waals surface area contributed by atoms with E-state index in [-0.39, 0.29) is 29.6 Å². The van der Waals surface area contributed by atoms with Gasteiger partial charge < -0.3 is 10.6 Å². The highest BCUT2D eigenvalue weighted by atomic mass is 16.2. The lowest BCUT2D eigenvalue weighted by Crippen LogP contribution is -2.54. The summed E-state index contributed by atoms with van der Waals surface area (Å²) in [6.45, 7) is 1.47. The van der Waals surface area contributed by atoms with Gasteiger partial charge in [0.2, 0.25) is 11.8 Å². The maximum absolute atomic E-state index is 12.9. The first-order valence-electron chi connectivity index (χ1n) is 9.63. The molecule has 0 spiro atoms. The second kappa shape index (κ2) is 6.53. The van der Waals surface area contributed by atoms with Crippen LogP contribution in [0.3, 0.4) is 0 Å². The summed E-state index contributed by atoms with van der Waals surface area (Å²) in [6, 6.07) is 6.85. The van der Waals surface area contributed by atoms with Gasteiger partial charge in [-0.05, 0) is 75.3 Å². The van der Waals surface area contributed by atoms with Crippen LogP contribution in [0.15, 0.2) is 24.3 Å². The largest absolute Gasteiger partial charge is 0.347 e. The molecule has 0 aromatic heterocycles. The minimum Gasteiger partial charge on any atom is -0.347 e. The number of ketones is 1. The summed E-state index contributed by atoms with van der Waals surface area (Å²) in [7, 11) is 0. The minimum absolute atomic E-state index is 0.0229. The molecule has 0 unspecified atom stereocenters. The highest BCUT2D eigenvalue weighted by Gasteiger charge is 2.54. The fraction of sp³-hybridized carbons (Fsp3) is 0.571. The van der Waals surface area contributed by atoms with E-state index >= 15 is 0 Å². The van der Waals surface area contributed by atoms with Gasteiger partial charge in [0, 0.05) is 16.7 Å². The third-order valence-electron chi connectivity index (χ3n) is 6.48. The first kappa shape index (κ1) is 17.3. The number of benzene rings is 1. The van der Waals surface area contributed by atoms with Crippen molar-refractivity contribution in [1.82, 2.24) is 5.32 Å². The SMILES string of the molecule is CC(=O)c1cccc(NC(=O)CNC(=O)C23CC4CC(CC(C4)C2)C3)c1. The lowest BCUT2D eigenvalue weighted by molar-refractivity contribution is -0.146. The van der Waals surface area contributed by atoms with Crippen molar-refractivity contribution in [3.8, 4) is 0 Å². The van der Waals surface area contributed by atoms with Crippen LogP contribution in [0.4, 0.5) is 5.69 Å². The molecule has 1 aromatic rings. The highest BCUT2D eigenvalue weighted by molar-refractivity contribution is 5.98. The normalized spacial score (nSPS) is 31.5. The Bertz CT molecular complexity index is 720. The number of hydrogen-bond acceptors (Lipinski definition) is 3. The molecule has 138 valence electrons. The van der Waals surface area contributed by atoms with E-state index in [0.717, 1.165) is 19.3 Å². The summed E-state index contributed by atoms with van der Waals surface area (Å²) in [4.78, 5) is 36.5. The van der Waals surface area contributed by atoms with Crippen molar-refractivity contribution < 1.29 is 14.4 Å². The van der Waals surface area contributed by atoms with Crippen molar-refractivity contribution in [2.24, 2.45) is 23.2 Å². The van der Waals surface area contributed by atoms with Crippen molar-refractivity contribution in [2.75, 3.05) is 11.9 Å². The van der Waals surface area contributed by atoms with Crippen LogP contribution in [0, 0.1) is 23.2 Å². The van der Waals surface area contributed by atoms with Gasteiger partial charge in [-0.25, -0.2) is 0 Å². The summed E-state index contributed by atoms with van der Waals surface area (Å²) in [6.07, 6.45) is 6.85. The Labute approximate surface area is 153 Å². The minimum atomic E-state index is -0.260. The zero-order valence-corrected chi connectivity index (χ0v) is 15.2. The van der Waals surface area contributed by atoms with E-state index in [1.165, 1.54) is 26.2 Å². The number of nitrogens with one attached hydrogen (secondary N) is 2. The maximum atomic E-state index is 12.9. The summed E-state index contributed by atoms with van der Waals surface area (Å²) in [5.41, 5.74) is 0.899. The molecule has 4 aliphatic carbocycles. The molecule has 5 rings (SSSR count).